The van der Waals surface area contributed by atoms with Crippen molar-refractivity contribution in [1.29, 1.82) is 0 Å². The van der Waals surface area contributed by atoms with Crippen LogP contribution >= 0.6 is 11.3 Å². The molecule has 1 saturated heterocycles. The Hall–Kier alpha value is -2.49. The predicted octanol–water partition coefficient (Wildman–Crippen LogP) is 3.73. The number of hydrogen-bond acceptors (Lipinski definition) is 6. The maximum absolute atomic E-state index is 14.7. The lowest BCUT2D eigenvalue weighted by molar-refractivity contribution is 0.0528. The molecule has 6 nitrogen and oxygen atoms in total. The first kappa shape index (κ1) is 20.8. The molecule has 1 aliphatic rings. The molecular formula is C21H21FN2O4S2. The van der Waals surface area contributed by atoms with Gasteiger partial charge < -0.3 is 9.64 Å². The fourth-order valence-electron chi connectivity index (χ4n) is 3.61. The number of esters is 1. The van der Waals surface area contributed by atoms with Gasteiger partial charge in [-0.2, -0.15) is 4.31 Å². The summed E-state index contributed by atoms with van der Waals surface area (Å²) in [7, 11) is -4.09. The Labute approximate surface area is 178 Å². The zero-order valence-electron chi connectivity index (χ0n) is 16.4. The molecule has 0 saturated carbocycles. The van der Waals surface area contributed by atoms with Crippen molar-refractivity contribution < 1.29 is 22.3 Å². The van der Waals surface area contributed by atoms with Crippen LogP contribution in [0.1, 0.15) is 16.6 Å². The van der Waals surface area contributed by atoms with E-state index in [0.29, 0.717) is 17.8 Å². The minimum Gasteiger partial charge on any atom is -0.462 e. The van der Waals surface area contributed by atoms with Gasteiger partial charge in [0, 0.05) is 42.0 Å². The second-order valence-corrected chi connectivity index (χ2v) is 9.75. The third-order valence-corrected chi connectivity index (χ3v) is 8.27. The number of rotatable bonds is 5. The van der Waals surface area contributed by atoms with E-state index in [-0.39, 0.29) is 34.9 Å². The number of halogens is 1. The molecule has 2 heterocycles. The number of sulfonamides is 1. The van der Waals surface area contributed by atoms with Crippen molar-refractivity contribution in [1.82, 2.24) is 4.31 Å². The molecule has 9 heteroatoms. The van der Waals surface area contributed by atoms with Crippen molar-refractivity contribution in [2.75, 3.05) is 37.7 Å². The summed E-state index contributed by atoms with van der Waals surface area (Å²) in [5, 5.41) is -0.0453. The molecule has 0 radical (unpaired) electrons. The highest BCUT2D eigenvalue weighted by molar-refractivity contribution is 7.89. The summed E-state index contributed by atoms with van der Waals surface area (Å²) in [5.74, 6) is -1.42. The lowest BCUT2D eigenvalue weighted by atomic mass is 10.2. The first-order valence-corrected chi connectivity index (χ1v) is 11.9. The van der Waals surface area contributed by atoms with E-state index in [1.165, 1.54) is 16.4 Å². The third-order valence-electron chi connectivity index (χ3n) is 5.04. The molecule has 3 aromatic rings. The van der Waals surface area contributed by atoms with Gasteiger partial charge in [0.1, 0.15) is 15.6 Å². The normalized spacial score (nSPS) is 15.5. The number of carbonyl (C=O) groups excluding carboxylic acids is 1. The monoisotopic (exact) mass is 448 g/mol. The molecule has 0 unspecified atom stereocenters. The lowest BCUT2D eigenvalue weighted by Crippen LogP contribution is -2.48. The Morgan fingerprint density at radius 3 is 2.43 bits per heavy atom. The molecule has 158 valence electrons. The van der Waals surface area contributed by atoms with E-state index in [2.05, 4.69) is 4.90 Å². The van der Waals surface area contributed by atoms with Gasteiger partial charge in [-0.3, -0.25) is 0 Å². The molecular weight excluding hydrogens is 427 g/mol. The van der Waals surface area contributed by atoms with Crippen molar-refractivity contribution in [2.24, 2.45) is 0 Å². The Bertz CT molecular complexity index is 1170. The van der Waals surface area contributed by atoms with E-state index >= 15 is 0 Å². The number of carbonyl (C=O) groups is 1. The van der Waals surface area contributed by atoms with Crippen LogP contribution in [0, 0.1) is 5.82 Å². The number of fused-ring (bicyclic) bond motifs is 1. The Kier molecular flexibility index (Phi) is 5.77. The summed E-state index contributed by atoms with van der Waals surface area (Å²) in [5.41, 5.74) is 1.02. The predicted molar refractivity (Wildman–Crippen MR) is 115 cm³/mol. The molecule has 0 atom stereocenters. The molecule has 0 spiro atoms. The highest BCUT2D eigenvalue weighted by Crippen LogP contribution is 2.38. The molecule has 4 rings (SSSR count). The van der Waals surface area contributed by atoms with Crippen LogP contribution in [-0.4, -0.2) is 51.5 Å². The van der Waals surface area contributed by atoms with Gasteiger partial charge in [0.05, 0.1) is 6.61 Å². The standard InChI is InChI=1S/C21H21FN2O4S2/c1-2-28-21(25)19-20(18-16(22)9-6-10-17(18)29-19)30(26,27)24-13-11-23(12-14-24)15-7-4-3-5-8-15/h3-10H,2,11-14H2,1H3. The van der Waals surface area contributed by atoms with E-state index in [4.69, 9.17) is 4.74 Å². The Balaban J connectivity index is 1.71. The summed E-state index contributed by atoms with van der Waals surface area (Å²) < 4.78 is 48.5. The topological polar surface area (TPSA) is 66.9 Å². The second kappa shape index (κ2) is 8.33. The van der Waals surface area contributed by atoms with Crippen LogP contribution in [0.2, 0.25) is 0 Å². The number of para-hydroxylation sites is 1. The van der Waals surface area contributed by atoms with E-state index in [1.807, 2.05) is 30.3 Å². The van der Waals surface area contributed by atoms with E-state index in [9.17, 15) is 17.6 Å². The van der Waals surface area contributed by atoms with E-state index in [0.717, 1.165) is 17.0 Å². The summed E-state index contributed by atoms with van der Waals surface area (Å²) in [6.45, 7) is 3.23. The van der Waals surface area contributed by atoms with Crippen molar-refractivity contribution in [3.8, 4) is 0 Å². The number of hydrogen-bond donors (Lipinski definition) is 0. The maximum Gasteiger partial charge on any atom is 0.349 e. The van der Waals surface area contributed by atoms with Crippen LogP contribution in [0.4, 0.5) is 10.1 Å². The van der Waals surface area contributed by atoms with Crippen LogP contribution in [0.3, 0.4) is 0 Å². The van der Waals surface area contributed by atoms with Gasteiger partial charge in [0.2, 0.25) is 10.0 Å². The number of thiophene rings is 1. The van der Waals surface area contributed by atoms with Gasteiger partial charge in [0.25, 0.3) is 0 Å². The van der Waals surface area contributed by atoms with Gasteiger partial charge in [0.15, 0.2) is 0 Å². The summed E-state index contributed by atoms with van der Waals surface area (Å²) in [4.78, 5) is 14.2. The maximum atomic E-state index is 14.7. The van der Waals surface area contributed by atoms with E-state index < -0.39 is 21.8 Å². The fraction of sp³-hybridized carbons (Fsp3) is 0.286. The minimum absolute atomic E-state index is 0.0453. The molecule has 30 heavy (non-hydrogen) atoms. The molecule has 0 aliphatic carbocycles. The average molecular weight is 449 g/mol. The van der Waals surface area contributed by atoms with Crippen molar-refractivity contribution in [3.05, 3.63) is 59.2 Å². The zero-order valence-corrected chi connectivity index (χ0v) is 18.0. The first-order valence-electron chi connectivity index (χ1n) is 9.61. The molecule has 0 N–H and O–H groups in total. The largest absolute Gasteiger partial charge is 0.462 e. The van der Waals surface area contributed by atoms with Crippen LogP contribution < -0.4 is 4.90 Å². The number of nitrogens with zero attached hydrogens (tertiary/aromatic N) is 2. The third kappa shape index (κ3) is 3.68. The first-order chi connectivity index (χ1) is 14.4. The Morgan fingerprint density at radius 2 is 1.77 bits per heavy atom. The average Bonchev–Trinajstić information content (AvgIpc) is 3.17. The second-order valence-electron chi connectivity index (χ2n) is 6.82. The van der Waals surface area contributed by atoms with Crippen LogP contribution in [0.5, 0.6) is 0 Å². The van der Waals surface area contributed by atoms with Crippen LogP contribution in [-0.2, 0) is 14.8 Å². The molecule has 0 bridgehead atoms. The molecule has 1 aliphatic heterocycles. The number of benzene rings is 2. The van der Waals surface area contributed by atoms with Crippen molar-refractivity contribution in [3.63, 3.8) is 0 Å². The summed E-state index contributed by atoms with van der Waals surface area (Å²) in [6, 6.07) is 14.1. The van der Waals surface area contributed by atoms with Gasteiger partial charge in [-0.1, -0.05) is 24.3 Å². The lowest BCUT2D eigenvalue weighted by Gasteiger charge is -2.35. The number of anilines is 1. The zero-order chi connectivity index (χ0) is 21.3. The number of ether oxygens (including phenoxy) is 1. The summed E-state index contributed by atoms with van der Waals surface area (Å²) in [6.07, 6.45) is 0. The highest BCUT2D eigenvalue weighted by atomic mass is 32.2. The quantitative estimate of drug-likeness (QED) is 0.557. The van der Waals surface area contributed by atoms with Crippen LogP contribution in [0.25, 0.3) is 10.1 Å². The molecule has 1 aromatic heterocycles. The van der Waals surface area contributed by atoms with Gasteiger partial charge in [-0.05, 0) is 31.2 Å². The number of piperazine rings is 1. The highest BCUT2D eigenvalue weighted by Gasteiger charge is 2.36. The van der Waals surface area contributed by atoms with Crippen molar-refractivity contribution in [2.45, 2.75) is 11.8 Å². The Morgan fingerprint density at radius 1 is 1.07 bits per heavy atom. The van der Waals surface area contributed by atoms with Gasteiger partial charge in [-0.15, -0.1) is 11.3 Å². The SMILES string of the molecule is CCOC(=O)c1sc2cccc(F)c2c1S(=O)(=O)N1CCN(c2ccccc2)CC1. The smallest absolute Gasteiger partial charge is 0.349 e. The molecule has 1 fully saturated rings. The van der Waals surface area contributed by atoms with Gasteiger partial charge >= 0.3 is 5.97 Å². The van der Waals surface area contributed by atoms with E-state index in [1.54, 1.807) is 13.0 Å². The molecule has 0 amide bonds. The van der Waals surface area contributed by atoms with Crippen molar-refractivity contribution >= 4 is 43.1 Å². The summed E-state index contributed by atoms with van der Waals surface area (Å²) >= 11 is 0.944. The fourth-order valence-corrected chi connectivity index (χ4v) is 6.81. The van der Waals surface area contributed by atoms with Crippen LogP contribution in [0.15, 0.2) is 53.4 Å². The minimum atomic E-state index is -4.09. The van der Waals surface area contributed by atoms with Gasteiger partial charge in [-0.25, -0.2) is 17.6 Å². The molecule has 2 aromatic carbocycles.